The van der Waals surface area contributed by atoms with Crippen molar-refractivity contribution in [1.82, 2.24) is 0 Å². The summed E-state index contributed by atoms with van der Waals surface area (Å²) < 4.78 is 4.92. The van der Waals surface area contributed by atoms with Gasteiger partial charge in [0.25, 0.3) is 0 Å². The fraction of sp³-hybridized carbons (Fsp3) is 0.556. The van der Waals surface area contributed by atoms with Crippen LogP contribution in [0.5, 0.6) is 0 Å². The summed E-state index contributed by atoms with van der Waals surface area (Å²) in [5.74, 6) is -0.339. The lowest BCUT2D eigenvalue weighted by atomic mass is 9.78. The van der Waals surface area contributed by atoms with Crippen molar-refractivity contribution in [3.05, 3.63) is 34.4 Å². The molecule has 0 unspecified atom stereocenters. The molecular weight excluding hydrogens is 264 g/mol. The van der Waals surface area contributed by atoms with E-state index in [0.29, 0.717) is 19.3 Å². The Bertz CT molecular complexity index is 543. The maximum atomic E-state index is 12.8. The van der Waals surface area contributed by atoms with Crippen molar-refractivity contribution >= 4 is 11.8 Å². The Morgan fingerprint density at radius 2 is 1.62 bits per heavy atom. The van der Waals surface area contributed by atoms with Crippen LogP contribution >= 0.6 is 0 Å². The maximum absolute atomic E-state index is 12.8. The second kappa shape index (κ2) is 6.00. The van der Waals surface area contributed by atoms with E-state index in [4.69, 9.17) is 4.74 Å². The fourth-order valence-corrected chi connectivity index (χ4v) is 3.59. The highest BCUT2D eigenvalue weighted by Crippen LogP contribution is 2.41. The lowest BCUT2D eigenvalue weighted by Gasteiger charge is -2.25. The Morgan fingerprint density at radius 1 is 1.10 bits per heavy atom. The zero-order chi connectivity index (χ0) is 15.6. The first-order chi connectivity index (χ1) is 9.90. The summed E-state index contributed by atoms with van der Waals surface area (Å²) in [6.45, 7) is 6.11. The molecule has 1 aromatic rings. The van der Waals surface area contributed by atoms with Gasteiger partial charge in [-0.25, -0.2) is 0 Å². The summed E-state index contributed by atoms with van der Waals surface area (Å²) in [5.41, 5.74) is 3.60. The minimum absolute atomic E-state index is 0.0157. The van der Waals surface area contributed by atoms with Crippen LogP contribution in [0.3, 0.4) is 0 Å². The van der Waals surface area contributed by atoms with Crippen molar-refractivity contribution in [3.8, 4) is 0 Å². The fourth-order valence-electron chi connectivity index (χ4n) is 3.59. The van der Waals surface area contributed by atoms with Crippen LogP contribution in [0.25, 0.3) is 0 Å². The molecule has 0 bridgehead atoms. The summed E-state index contributed by atoms with van der Waals surface area (Å²) in [4.78, 5) is 25.0. The monoisotopic (exact) mass is 288 g/mol. The first kappa shape index (κ1) is 15.7. The molecular formula is C18H24O3. The predicted octanol–water partition coefficient (Wildman–Crippen LogP) is 3.46. The molecule has 0 spiro atoms. The molecule has 1 fully saturated rings. The minimum Gasteiger partial charge on any atom is -0.468 e. The van der Waals surface area contributed by atoms with Gasteiger partial charge in [-0.05, 0) is 50.3 Å². The molecule has 0 amide bonds. The van der Waals surface area contributed by atoms with Gasteiger partial charge in [-0.2, -0.15) is 0 Å². The first-order valence-corrected chi connectivity index (χ1v) is 7.59. The van der Waals surface area contributed by atoms with Crippen LogP contribution in [0, 0.1) is 26.2 Å². The molecule has 3 heteroatoms. The average Bonchev–Trinajstić information content (AvgIpc) is 2.92. The lowest BCUT2D eigenvalue weighted by molar-refractivity contribution is -0.157. The quantitative estimate of drug-likeness (QED) is 0.629. The molecule has 0 N–H and O–H groups in total. The largest absolute Gasteiger partial charge is 0.468 e. The van der Waals surface area contributed by atoms with E-state index in [9.17, 15) is 9.59 Å². The summed E-state index contributed by atoms with van der Waals surface area (Å²) in [6, 6.07) is 4.18. The van der Waals surface area contributed by atoms with Crippen molar-refractivity contribution in [2.24, 2.45) is 5.41 Å². The summed E-state index contributed by atoms with van der Waals surface area (Å²) >= 11 is 0. The summed E-state index contributed by atoms with van der Waals surface area (Å²) in [6.07, 6.45) is 3.43. The number of hydrogen-bond donors (Lipinski definition) is 0. The van der Waals surface area contributed by atoms with E-state index in [0.717, 1.165) is 29.5 Å². The van der Waals surface area contributed by atoms with Crippen molar-refractivity contribution in [2.45, 2.75) is 52.9 Å². The smallest absolute Gasteiger partial charge is 0.319 e. The second-order valence-corrected chi connectivity index (χ2v) is 6.26. The van der Waals surface area contributed by atoms with Gasteiger partial charge in [0, 0.05) is 6.42 Å². The van der Waals surface area contributed by atoms with Crippen LogP contribution in [-0.2, 0) is 20.7 Å². The third kappa shape index (κ3) is 2.87. The topological polar surface area (TPSA) is 43.4 Å². The van der Waals surface area contributed by atoms with Crippen molar-refractivity contribution < 1.29 is 14.3 Å². The molecule has 0 saturated heterocycles. The zero-order valence-electron chi connectivity index (χ0n) is 13.4. The van der Waals surface area contributed by atoms with E-state index in [1.807, 2.05) is 13.8 Å². The number of Topliss-reactive ketones (excluding diaryl/α,β-unsaturated/α-hetero) is 1. The number of esters is 1. The van der Waals surface area contributed by atoms with Crippen molar-refractivity contribution in [3.63, 3.8) is 0 Å². The number of carbonyl (C=O) groups excluding carboxylic acids is 2. The van der Waals surface area contributed by atoms with Crippen LogP contribution in [0.15, 0.2) is 12.1 Å². The Morgan fingerprint density at radius 3 is 2.10 bits per heavy atom. The van der Waals surface area contributed by atoms with E-state index in [2.05, 4.69) is 19.1 Å². The van der Waals surface area contributed by atoms with Gasteiger partial charge in [0.05, 0.1) is 7.11 Å². The Hall–Kier alpha value is -1.64. The Kier molecular flexibility index (Phi) is 4.50. The molecule has 1 aliphatic rings. The third-order valence-electron chi connectivity index (χ3n) is 4.74. The predicted molar refractivity (Wildman–Crippen MR) is 82.3 cm³/mol. The standard InChI is InChI=1S/C18H24O3/c1-12-9-13(2)15(14(3)10-12)11-16(19)18(17(20)21-4)7-5-6-8-18/h9-10H,5-8,11H2,1-4H3. The molecule has 1 saturated carbocycles. The van der Waals surface area contributed by atoms with Gasteiger partial charge in [0.1, 0.15) is 5.41 Å². The highest BCUT2D eigenvalue weighted by atomic mass is 16.5. The highest BCUT2D eigenvalue weighted by molar-refractivity contribution is 6.05. The van der Waals surface area contributed by atoms with Gasteiger partial charge in [-0.15, -0.1) is 0 Å². The Labute approximate surface area is 126 Å². The number of ketones is 1. The molecule has 3 nitrogen and oxygen atoms in total. The van der Waals surface area contributed by atoms with Crippen LogP contribution in [0.4, 0.5) is 0 Å². The molecule has 1 aliphatic carbocycles. The maximum Gasteiger partial charge on any atom is 0.319 e. The number of aryl methyl sites for hydroxylation is 3. The number of benzene rings is 1. The summed E-state index contributed by atoms with van der Waals surface area (Å²) in [5, 5.41) is 0. The van der Waals surface area contributed by atoms with Gasteiger partial charge in [0.2, 0.25) is 0 Å². The SMILES string of the molecule is COC(=O)C1(C(=O)Cc2c(C)cc(C)cc2C)CCCC1. The van der Waals surface area contributed by atoms with Gasteiger partial charge in [-0.1, -0.05) is 30.5 Å². The molecule has 21 heavy (non-hydrogen) atoms. The minimum atomic E-state index is -0.904. The number of carbonyl (C=O) groups is 2. The van der Waals surface area contributed by atoms with Crippen LogP contribution in [0.2, 0.25) is 0 Å². The average molecular weight is 288 g/mol. The van der Waals surface area contributed by atoms with E-state index >= 15 is 0 Å². The van der Waals surface area contributed by atoms with Crippen molar-refractivity contribution in [2.75, 3.05) is 7.11 Å². The zero-order valence-corrected chi connectivity index (χ0v) is 13.4. The van der Waals surface area contributed by atoms with Crippen LogP contribution < -0.4 is 0 Å². The molecule has 0 radical (unpaired) electrons. The summed E-state index contributed by atoms with van der Waals surface area (Å²) in [7, 11) is 1.37. The van der Waals surface area contributed by atoms with E-state index in [1.54, 1.807) is 0 Å². The third-order valence-corrected chi connectivity index (χ3v) is 4.74. The van der Waals surface area contributed by atoms with Gasteiger partial charge in [0.15, 0.2) is 5.78 Å². The van der Waals surface area contributed by atoms with E-state index in [1.165, 1.54) is 12.7 Å². The van der Waals surface area contributed by atoms with Crippen molar-refractivity contribution in [1.29, 1.82) is 0 Å². The van der Waals surface area contributed by atoms with Gasteiger partial charge in [-0.3, -0.25) is 9.59 Å². The molecule has 0 aromatic heterocycles. The molecule has 0 heterocycles. The molecule has 0 aliphatic heterocycles. The first-order valence-electron chi connectivity index (χ1n) is 7.59. The molecule has 1 aromatic carbocycles. The number of ether oxygens (including phenoxy) is 1. The molecule has 0 atom stereocenters. The second-order valence-electron chi connectivity index (χ2n) is 6.26. The van der Waals surface area contributed by atoms with Gasteiger partial charge >= 0.3 is 5.97 Å². The van der Waals surface area contributed by atoms with E-state index < -0.39 is 5.41 Å². The number of hydrogen-bond acceptors (Lipinski definition) is 3. The normalized spacial score (nSPS) is 16.8. The van der Waals surface area contributed by atoms with Crippen LogP contribution in [0.1, 0.15) is 47.9 Å². The van der Waals surface area contributed by atoms with Gasteiger partial charge < -0.3 is 4.74 Å². The molecule has 2 rings (SSSR count). The Balaban J connectivity index is 2.30. The van der Waals surface area contributed by atoms with E-state index in [-0.39, 0.29) is 11.8 Å². The molecule has 114 valence electrons. The highest BCUT2D eigenvalue weighted by Gasteiger charge is 2.48. The van der Waals surface area contributed by atoms with Crippen LogP contribution in [-0.4, -0.2) is 18.9 Å². The number of rotatable bonds is 4. The lowest BCUT2D eigenvalue weighted by Crippen LogP contribution is -2.39. The number of methoxy groups -OCH3 is 1.